The number of rotatable bonds is 8. The van der Waals surface area contributed by atoms with Crippen LogP contribution < -0.4 is 0 Å². The monoisotopic (exact) mass is 473 g/mol. The molecule has 6 heteroatoms. The molecule has 6 nitrogen and oxygen atoms in total. The second-order valence-corrected chi connectivity index (χ2v) is 10.8. The van der Waals surface area contributed by atoms with Crippen LogP contribution in [-0.4, -0.2) is 63.0 Å². The lowest BCUT2D eigenvalue weighted by molar-refractivity contribution is 0.0952. The summed E-state index contributed by atoms with van der Waals surface area (Å²) in [6, 6.07) is 9.10. The van der Waals surface area contributed by atoms with E-state index in [1.165, 1.54) is 50.8 Å². The Labute approximate surface area is 209 Å². The standard InChI is InChI=1S/C29H39N5O/c1-21(2)34-14-10-22(11-15-34)6-9-28(35)29-26-17-24(7-8-27(26)31-32-29)25-16-23(18-30-19-25)20-33-12-4-3-5-13-33/h7-8,16-19,21-22H,3-6,9-15,20H2,1-2H3,(H,31,32). The number of nitrogens with one attached hydrogen (secondary N) is 1. The van der Waals surface area contributed by atoms with Crippen molar-refractivity contribution in [2.75, 3.05) is 26.2 Å². The largest absolute Gasteiger partial charge is 0.301 e. The van der Waals surface area contributed by atoms with Crippen LogP contribution in [0.1, 0.15) is 74.8 Å². The zero-order valence-electron chi connectivity index (χ0n) is 21.3. The molecule has 0 atom stereocenters. The van der Waals surface area contributed by atoms with E-state index in [0.29, 0.717) is 24.1 Å². The summed E-state index contributed by atoms with van der Waals surface area (Å²) >= 11 is 0. The lowest BCUT2D eigenvalue weighted by atomic mass is 9.90. The lowest BCUT2D eigenvalue weighted by Crippen LogP contribution is -2.38. The quantitative estimate of drug-likeness (QED) is 0.426. The molecule has 2 aliphatic rings. The highest BCUT2D eigenvalue weighted by atomic mass is 16.1. The smallest absolute Gasteiger partial charge is 0.183 e. The van der Waals surface area contributed by atoms with Gasteiger partial charge in [0, 0.05) is 42.4 Å². The van der Waals surface area contributed by atoms with Crippen molar-refractivity contribution in [2.45, 2.75) is 71.4 Å². The molecular weight excluding hydrogens is 434 g/mol. The third kappa shape index (κ3) is 5.81. The molecule has 2 aliphatic heterocycles. The third-order valence-corrected chi connectivity index (χ3v) is 7.97. The minimum atomic E-state index is 0.150. The number of nitrogens with zero attached hydrogens (tertiary/aromatic N) is 4. The Morgan fingerprint density at radius 1 is 1.03 bits per heavy atom. The summed E-state index contributed by atoms with van der Waals surface area (Å²) in [4.78, 5) is 22.7. The fourth-order valence-corrected chi connectivity index (χ4v) is 5.73. The predicted molar refractivity (Wildman–Crippen MR) is 141 cm³/mol. The number of aromatic amines is 1. The number of hydrogen-bond acceptors (Lipinski definition) is 5. The van der Waals surface area contributed by atoms with E-state index >= 15 is 0 Å². The van der Waals surface area contributed by atoms with Crippen LogP contribution in [0.3, 0.4) is 0 Å². The molecule has 4 heterocycles. The summed E-state index contributed by atoms with van der Waals surface area (Å²) in [6.07, 6.45) is 11.7. The van der Waals surface area contributed by atoms with E-state index in [1.807, 2.05) is 18.5 Å². The van der Waals surface area contributed by atoms with Gasteiger partial charge in [0.25, 0.3) is 0 Å². The molecule has 0 bridgehead atoms. The number of hydrogen-bond donors (Lipinski definition) is 1. The van der Waals surface area contributed by atoms with E-state index in [1.54, 1.807) is 0 Å². The van der Waals surface area contributed by atoms with Gasteiger partial charge in [0.2, 0.25) is 0 Å². The number of pyridine rings is 1. The number of Topliss-reactive ketones (excluding diaryl/α,β-unsaturated/α-hetero) is 1. The molecule has 0 aliphatic carbocycles. The highest BCUT2D eigenvalue weighted by Crippen LogP contribution is 2.28. The Morgan fingerprint density at radius 3 is 2.60 bits per heavy atom. The highest BCUT2D eigenvalue weighted by molar-refractivity contribution is 6.06. The molecule has 2 aromatic heterocycles. The van der Waals surface area contributed by atoms with Gasteiger partial charge in [0.15, 0.2) is 5.78 Å². The fraction of sp³-hybridized carbons (Fsp3) is 0.552. The number of likely N-dealkylation sites (tertiary alicyclic amines) is 2. The van der Waals surface area contributed by atoms with E-state index in [9.17, 15) is 4.79 Å². The molecule has 186 valence electrons. The molecular formula is C29H39N5O. The maximum absolute atomic E-state index is 13.1. The van der Waals surface area contributed by atoms with Crippen LogP contribution in [0.15, 0.2) is 36.7 Å². The Balaban J connectivity index is 1.26. The van der Waals surface area contributed by atoms with E-state index < -0.39 is 0 Å². The Bertz CT molecular complexity index is 1140. The van der Waals surface area contributed by atoms with Crippen molar-refractivity contribution in [2.24, 2.45) is 5.92 Å². The fourth-order valence-electron chi connectivity index (χ4n) is 5.73. The van der Waals surface area contributed by atoms with Crippen LogP contribution in [0.5, 0.6) is 0 Å². The first-order chi connectivity index (χ1) is 17.1. The molecule has 35 heavy (non-hydrogen) atoms. The molecule has 1 N–H and O–H groups in total. The zero-order valence-corrected chi connectivity index (χ0v) is 21.3. The predicted octanol–water partition coefficient (Wildman–Crippen LogP) is 5.69. The highest BCUT2D eigenvalue weighted by Gasteiger charge is 2.23. The first-order valence-corrected chi connectivity index (χ1v) is 13.5. The average Bonchev–Trinajstić information content (AvgIpc) is 3.32. The Hall–Kier alpha value is -2.57. The number of H-pyrrole nitrogens is 1. The Morgan fingerprint density at radius 2 is 1.83 bits per heavy atom. The maximum atomic E-state index is 13.1. The van der Waals surface area contributed by atoms with Crippen LogP contribution in [-0.2, 0) is 6.54 Å². The molecule has 0 unspecified atom stereocenters. The second-order valence-electron chi connectivity index (χ2n) is 10.8. The molecule has 1 aromatic carbocycles. The normalized spacial score (nSPS) is 18.5. The lowest BCUT2D eigenvalue weighted by Gasteiger charge is -2.34. The van der Waals surface area contributed by atoms with Crippen molar-refractivity contribution in [3.05, 3.63) is 47.9 Å². The summed E-state index contributed by atoms with van der Waals surface area (Å²) in [5.41, 5.74) is 4.93. The van der Waals surface area contributed by atoms with Crippen LogP contribution in [0.4, 0.5) is 0 Å². The van der Waals surface area contributed by atoms with E-state index in [-0.39, 0.29) is 5.78 Å². The summed E-state index contributed by atoms with van der Waals surface area (Å²) in [6.45, 7) is 10.1. The SMILES string of the molecule is CC(C)N1CCC(CCC(=O)c2n[nH]c3ccc(-c4cncc(CN5CCCCC5)c4)cc23)CC1. The third-order valence-electron chi connectivity index (χ3n) is 7.97. The molecule has 0 amide bonds. The van der Waals surface area contributed by atoms with Gasteiger partial charge in [-0.15, -0.1) is 0 Å². The number of aromatic nitrogens is 3. The summed E-state index contributed by atoms with van der Waals surface area (Å²) < 4.78 is 0. The van der Waals surface area contributed by atoms with Crippen LogP contribution in [0.2, 0.25) is 0 Å². The minimum Gasteiger partial charge on any atom is -0.301 e. The van der Waals surface area contributed by atoms with Crippen molar-refractivity contribution in [1.82, 2.24) is 25.0 Å². The molecule has 0 saturated carbocycles. The van der Waals surface area contributed by atoms with Gasteiger partial charge in [-0.25, -0.2) is 0 Å². The molecule has 3 aromatic rings. The van der Waals surface area contributed by atoms with Crippen molar-refractivity contribution >= 4 is 16.7 Å². The minimum absolute atomic E-state index is 0.150. The van der Waals surface area contributed by atoms with Crippen LogP contribution >= 0.6 is 0 Å². The van der Waals surface area contributed by atoms with Gasteiger partial charge < -0.3 is 4.90 Å². The maximum Gasteiger partial charge on any atom is 0.183 e. The molecule has 5 rings (SSSR count). The van der Waals surface area contributed by atoms with Gasteiger partial charge in [-0.1, -0.05) is 12.5 Å². The Kier molecular flexibility index (Phi) is 7.59. The second kappa shape index (κ2) is 11.0. The van der Waals surface area contributed by atoms with E-state index in [4.69, 9.17) is 0 Å². The zero-order chi connectivity index (χ0) is 24.2. The summed E-state index contributed by atoms with van der Waals surface area (Å²) in [7, 11) is 0. The van der Waals surface area contributed by atoms with Gasteiger partial charge in [0.05, 0.1) is 5.52 Å². The van der Waals surface area contributed by atoms with Gasteiger partial charge in [-0.2, -0.15) is 5.10 Å². The van der Waals surface area contributed by atoms with Crippen molar-refractivity contribution < 1.29 is 4.79 Å². The number of carbonyl (C=O) groups is 1. The van der Waals surface area contributed by atoms with Gasteiger partial charge in [0.1, 0.15) is 5.69 Å². The van der Waals surface area contributed by atoms with Crippen LogP contribution in [0, 0.1) is 5.92 Å². The van der Waals surface area contributed by atoms with Gasteiger partial charge in [-0.3, -0.25) is 19.8 Å². The molecule has 2 saturated heterocycles. The van der Waals surface area contributed by atoms with Gasteiger partial charge in [-0.05, 0) is 107 Å². The van der Waals surface area contributed by atoms with Crippen molar-refractivity contribution in [3.63, 3.8) is 0 Å². The molecule has 0 spiro atoms. The van der Waals surface area contributed by atoms with Gasteiger partial charge >= 0.3 is 0 Å². The average molecular weight is 474 g/mol. The molecule has 2 fully saturated rings. The van der Waals surface area contributed by atoms with E-state index in [2.05, 4.69) is 57.0 Å². The van der Waals surface area contributed by atoms with E-state index in [0.717, 1.165) is 48.1 Å². The molecule has 0 radical (unpaired) electrons. The van der Waals surface area contributed by atoms with Crippen LogP contribution in [0.25, 0.3) is 22.0 Å². The topological polar surface area (TPSA) is 65.1 Å². The number of benzene rings is 1. The number of piperidine rings is 2. The summed E-state index contributed by atoms with van der Waals surface area (Å²) in [5.74, 6) is 0.792. The van der Waals surface area contributed by atoms with Crippen molar-refractivity contribution in [1.29, 1.82) is 0 Å². The summed E-state index contributed by atoms with van der Waals surface area (Å²) in [5, 5.41) is 8.41. The number of fused-ring (bicyclic) bond motifs is 1. The number of ketones is 1. The first-order valence-electron chi connectivity index (χ1n) is 13.5. The number of carbonyl (C=O) groups excluding carboxylic acids is 1. The van der Waals surface area contributed by atoms with Crippen molar-refractivity contribution in [3.8, 4) is 11.1 Å². The first kappa shape index (κ1) is 24.1.